The molecule has 0 atom stereocenters. The molecule has 2 aromatic carbocycles. The largest absolute Gasteiger partial charge is 0.256 e. The van der Waals surface area contributed by atoms with Crippen molar-refractivity contribution >= 4 is 31.5 Å². The second-order valence-electron chi connectivity index (χ2n) is 4.44. The van der Waals surface area contributed by atoms with Crippen LogP contribution in [-0.2, 0) is 0 Å². The number of pyridine rings is 1. The summed E-state index contributed by atoms with van der Waals surface area (Å²) in [6.45, 7) is 0. The normalized spacial score (nSPS) is 11.2. The molecule has 2 heterocycles. The van der Waals surface area contributed by atoms with E-state index >= 15 is 0 Å². The summed E-state index contributed by atoms with van der Waals surface area (Å²) in [5.41, 5.74) is 2.03. The molecule has 4 aromatic rings. The molecular formula is C17H10NS. The van der Waals surface area contributed by atoms with E-state index in [0.29, 0.717) is 0 Å². The highest BCUT2D eigenvalue weighted by Gasteiger charge is 2.06. The van der Waals surface area contributed by atoms with Gasteiger partial charge in [-0.1, -0.05) is 24.3 Å². The van der Waals surface area contributed by atoms with Crippen molar-refractivity contribution in [1.82, 2.24) is 4.98 Å². The summed E-state index contributed by atoms with van der Waals surface area (Å²) < 4.78 is 2.62. The van der Waals surface area contributed by atoms with Crippen molar-refractivity contribution < 1.29 is 0 Å². The van der Waals surface area contributed by atoms with Crippen LogP contribution < -0.4 is 0 Å². The monoisotopic (exact) mass is 260 g/mol. The molecule has 0 aliphatic rings. The van der Waals surface area contributed by atoms with Gasteiger partial charge in [0.15, 0.2) is 0 Å². The molecule has 0 fully saturated rings. The van der Waals surface area contributed by atoms with E-state index in [1.54, 1.807) is 0 Å². The van der Waals surface area contributed by atoms with Crippen LogP contribution in [-0.4, -0.2) is 4.98 Å². The Balaban J connectivity index is 1.99. The number of nitrogens with zero attached hydrogens (tertiary/aromatic N) is 1. The fourth-order valence-electron chi connectivity index (χ4n) is 2.33. The lowest BCUT2D eigenvalue weighted by Gasteiger charge is -1.99. The Kier molecular flexibility index (Phi) is 2.35. The maximum absolute atomic E-state index is 4.38. The lowest BCUT2D eigenvalue weighted by Crippen LogP contribution is -1.81. The van der Waals surface area contributed by atoms with Crippen molar-refractivity contribution in [3.05, 3.63) is 66.9 Å². The zero-order chi connectivity index (χ0) is 12.7. The average Bonchev–Trinajstić information content (AvgIpc) is 2.86. The fourth-order valence-corrected chi connectivity index (χ4v) is 3.46. The first kappa shape index (κ1) is 10.7. The Morgan fingerprint density at radius 3 is 2.68 bits per heavy atom. The Morgan fingerprint density at radius 1 is 0.895 bits per heavy atom. The molecule has 0 N–H and O–H groups in total. The number of thiophene rings is 1. The maximum atomic E-state index is 4.38. The van der Waals surface area contributed by atoms with Crippen molar-refractivity contribution in [3.63, 3.8) is 0 Å². The minimum absolute atomic E-state index is 0.974. The molecule has 89 valence electrons. The Morgan fingerprint density at radius 2 is 1.79 bits per heavy atom. The zero-order valence-corrected chi connectivity index (χ0v) is 10.9. The molecule has 1 radical (unpaired) electrons. The molecule has 2 aromatic heterocycles. The summed E-state index contributed by atoms with van der Waals surface area (Å²) in [5.74, 6) is 0. The molecule has 0 saturated heterocycles. The van der Waals surface area contributed by atoms with Gasteiger partial charge >= 0.3 is 0 Å². The lowest BCUT2D eigenvalue weighted by molar-refractivity contribution is 1.33. The second kappa shape index (κ2) is 4.18. The topological polar surface area (TPSA) is 12.9 Å². The third kappa shape index (κ3) is 1.72. The predicted octanol–water partition coefficient (Wildman–Crippen LogP) is 4.92. The van der Waals surface area contributed by atoms with Crippen molar-refractivity contribution in [1.29, 1.82) is 0 Å². The van der Waals surface area contributed by atoms with Gasteiger partial charge in [-0.25, -0.2) is 0 Å². The van der Waals surface area contributed by atoms with E-state index in [4.69, 9.17) is 0 Å². The highest BCUT2D eigenvalue weighted by atomic mass is 32.1. The van der Waals surface area contributed by atoms with E-state index in [1.807, 2.05) is 35.7 Å². The van der Waals surface area contributed by atoms with Gasteiger partial charge in [0.25, 0.3) is 0 Å². The van der Waals surface area contributed by atoms with E-state index in [2.05, 4.69) is 47.4 Å². The van der Waals surface area contributed by atoms with Crippen LogP contribution in [0.4, 0.5) is 0 Å². The molecule has 0 bridgehead atoms. The van der Waals surface area contributed by atoms with Gasteiger partial charge in [-0.3, -0.25) is 4.98 Å². The Bertz CT molecular complexity index is 862. The highest BCUT2D eigenvalue weighted by molar-refractivity contribution is 7.25. The van der Waals surface area contributed by atoms with Crippen molar-refractivity contribution in [2.24, 2.45) is 0 Å². The van der Waals surface area contributed by atoms with Crippen molar-refractivity contribution in [2.75, 3.05) is 0 Å². The Hall–Kier alpha value is -2.19. The van der Waals surface area contributed by atoms with Crippen LogP contribution in [0.5, 0.6) is 0 Å². The average molecular weight is 260 g/mol. The minimum atomic E-state index is 0.974. The second-order valence-corrected chi connectivity index (χ2v) is 5.52. The van der Waals surface area contributed by atoms with E-state index in [1.165, 1.54) is 20.2 Å². The quantitative estimate of drug-likeness (QED) is 0.473. The molecule has 0 saturated carbocycles. The number of hydrogen-bond donors (Lipinski definition) is 0. The SMILES string of the molecule is [c]1cc2c(cc1-c1ccccn1)sc1ccccc12. The molecule has 0 aliphatic carbocycles. The van der Waals surface area contributed by atoms with Gasteiger partial charge in [0.2, 0.25) is 0 Å². The van der Waals surface area contributed by atoms with Gasteiger partial charge in [-0.05, 0) is 36.4 Å². The summed E-state index contributed by atoms with van der Waals surface area (Å²) in [6, 6.07) is 22.1. The number of hydrogen-bond acceptors (Lipinski definition) is 2. The van der Waals surface area contributed by atoms with E-state index in [9.17, 15) is 0 Å². The van der Waals surface area contributed by atoms with E-state index in [-0.39, 0.29) is 0 Å². The van der Waals surface area contributed by atoms with Crippen LogP contribution in [0, 0.1) is 6.07 Å². The standard InChI is InChI=1S/C17H10NS/c1-2-7-16-13(5-1)14-9-8-12(11-17(14)19-16)15-6-3-4-10-18-15/h1-7,9-11H. The number of benzene rings is 2. The summed E-state index contributed by atoms with van der Waals surface area (Å²) in [6.07, 6.45) is 1.82. The first-order valence-electron chi connectivity index (χ1n) is 6.16. The molecule has 0 amide bonds. The van der Waals surface area contributed by atoms with Crippen LogP contribution in [0.25, 0.3) is 31.4 Å². The van der Waals surface area contributed by atoms with Crippen LogP contribution in [0.3, 0.4) is 0 Å². The summed E-state index contributed by atoms with van der Waals surface area (Å²) in [5, 5.41) is 2.59. The highest BCUT2D eigenvalue weighted by Crippen LogP contribution is 2.35. The van der Waals surface area contributed by atoms with Gasteiger partial charge < -0.3 is 0 Å². The molecule has 0 unspecified atom stereocenters. The Labute approximate surface area is 115 Å². The van der Waals surface area contributed by atoms with E-state index < -0.39 is 0 Å². The van der Waals surface area contributed by atoms with Crippen molar-refractivity contribution in [3.8, 4) is 11.3 Å². The molecule has 0 aliphatic heterocycles. The summed E-state index contributed by atoms with van der Waals surface area (Å²) in [7, 11) is 0. The molecule has 0 spiro atoms. The van der Waals surface area contributed by atoms with Crippen LogP contribution >= 0.6 is 11.3 Å². The first-order valence-corrected chi connectivity index (χ1v) is 6.98. The number of aromatic nitrogens is 1. The van der Waals surface area contributed by atoms with Crippen LogP contribution in [0.1, 0.15) is 0 Å². The molecule has 1 nitrogen and oxygen atoms in total. The van der Waals surface area contributed by atoms with Crippen LogP contribution in [0.2, 0.25) is 0 Å². The number of fused-ring (bicyclic) bond motifs is 3. The molecule has 4 rings (SSSR count). The third-order valence-corrected chi connectivity index (χ3v) is 4.38. The smallest absolute Gasteiger partial charge is 0.0708 e. The molecule has 19 heavy (non-hydrogen) atoms. The molecular weight excluding hydrogens is 250 g/mol. The minimum Gasteiger partial charge on any atom is -0.256 e. The predicted molar refractivity (Wildman–Crippen MR) is 81.4 cm³/mol. The van der Waals surface area contributed by atoms with Crippen molar-refractivity contribution in [2.45, 2.75) is 0 Å². The lowest BCUT2D eigenvalue weighted by atomic mass is 10.1. The van der Waals surface area contributed by atoms with Gasteiger partial charge in [0, 0.05) is 31.9 Å². The van der Waals surface area contributed by atoms with E-state index in [0.717, 1.165) is 11.3 Å². The molecule has 2 heteroatoms. The summed E-state index contributed by atoms with van der Waals surface area (Å²) >= 11 is 1.82. The van der Waals surface area contributed by atoms with Gasteiger partial charge in [0.05, 0.1) is 5.69 Å². The van der Waals surface area contributed by atoms with Gasteiger partial charge in [-0.2, -0.15) is 0 Å². The zero-order valence-electron chi connectivity index (χ0n) is 10.1. The third-order valence-electron chi connectivity index (χ3n) is 3.25. The summed E-state index contributed by atoms with van der Waals surface area (Å²) in [4.78, 5) is 4.38. The van der Waals surface area contributed by atoms with Gasteiger partial charge in [0.1, 0.15) is 0 Å². The first-order chi connectivity index (χ1) is 9.42. The maximum Gasteiger partial charge on any atom is 0.0708 e. The fraction of sp³-hybridized carbons (Fsp3) is 0. The van der Waals surface area contributed by atoms with Crippen LogP contribution in [0.15, 0.2) is 60.8 Å². The number of rotatable bonds is 1. The van der Waals surface area contributed by atoms with Gasteiger partial charge in [-0.15, -0.1) is 11.3 Å².